The van der Waals surface area contributed by atoms with Crippen molar-refractivity contribution in [1.29, 1.82) is 0 Å². The van der Waals surface area contributed by atoms with Crippen LogP contribution < -0.4 is 11.1 Å². The van der Waals surface area contributed by atoms with Gasteiger partial charge in [-0.05, 0) is 18.0 Å². The first-order valence-electron chi connectivity index (χ1n) is 5.83. The second kappa shape index (κ2) is 7.04. The van der Waals surface area contributed by atoms with Gasteiger partial charge >= 0.3 is 0 Å². The summed E-state index contributed by atoms with van der Waals surface area (Å²) in [5, 5.41) is 12.5. The fourth-order valence-corrected chi connectivity index (χ4v) is 1.48. The standard InChI is InChI=1S/C13H20N2O2/c1-10(8-14)7-13(17)15-9-12(16)11-5-3-2-4-6-11/h2-6,10,12,16H,7-9,14H2,1H3,(H,15,17). The number of hydrogen-bond donors (Lipinski definition) is 3. The Labute approximate surface area is 102 Å². The van der Waals surface area contributed by atoms with Gasteiger partial charge < -0.3 is 16.2 Å². The first-order chi connectivity index (χ1) is 8.13. The highest BCUT2D eigenvalue weighted by Crippen LogP contribution is 2.10. The summed E-state index contributed by atoms with van der Waals surface area (Å²) in [5.41, 5.74) is 6.24. The minimum atomic E-state index is -0.659. The lowest BCUT2D eigenvalue weighted by atomic mass is 10.1. The van der Waals surface area contributed by atoms with Crippen LogP contribution in [0.15, 0.2) is 30.3 Å². The zero-order valence-electron chi connectivity index (χ0n) is 10.1. The molecule has 17 heavy (non-hydrogen) atoms. The van der Waals surface area contributed by atoms with E-state index >= 15 is 0 Å². The van der Waals surface area contributed by atoms with Crippen LogP contribution in [0.25, 0.3) is 0 Å². The predicted octanol–water partition coefficient (Wildman–Crippen LogP) is 0.821. The van der Waals surface area contributed by atoms with Crippen molar-refractivity contribution in [3.63, 3.8) is 0 Å². The van der Waals surface area contributed by atoms with Crippen LogP contribution in [0.1, 0.15) is 25.0 Å². The Hall–Kier alpha value is -1.39. The third-order valence-corrected chi connectivity index (χ3v) is 2.61. The Morgan fingerprint density at radius 3 is 2.65 bits per heavy atom. The topological polar surface area (TPSA) is 75.4 Å². The second-order valence-electron chi connectivity index (χ2n) is 4.28. The molecule has 0 aliphatic rings. The SMILES string of the molecule is CC(CN)CC(=O)NCC(O)c1ccccc1. The summed E-state index contributed by atoms with van der Waals surface area (Å²) < 4.78 is 0. The average molecular weight is 236 g/mol. The third kappa shape index (κ3) is 4.97. The van der Waals surface area contributed by atoms with Crippen molar-refractivity contribution < 1.29 is 9.90 Å². The molecule has 4 N–H and O–H groups in total. The van der Waals surface area contributed by atoms with E-state index in [2.05, 4.69) is 5.32 Å². The van der Waals surface area contributed by atoms with Crippen LogP contribution in [0, 0.1) is 5.92 Å². The van der Waals surface area contributed by atoms with Crippen LogP contribution >= 0.6 is 0 Å². The monoisotopic (exact) mass is 236 g/mol. The molecule has 0 saturated carbocycles. The van der Waals surface area contributed by atoms with Crippen LogP contribution in [0.5, 0.6) is 0 Å². The van der Waals surface area contributed by atoms with Crippen molar-refractivity contribution in [3.05, 3.63) is 35.9 Å². The molecule has 0 fully saturated rings. The first kappa shape index (κ1) is 13.7. The zero-order chi connectivity index (χ0) is 12.7. The van der Waals surface area contributed by atoms with Crippen LogP contribution in [0.2, 0.25) is 0 Å². The smallest absolute Gasteiger partial charge is 0.220 e. The maximum atomic E-state index is 11.5. The van der Waals surface area contributed by atoms with Crippen molar-refractivity contribution in [2.45, 2.75) is 19.4 Å². The summed E-state index contributed by atoms with van der Waals surface area (Å²) in [6.07, 6.45) is -0.258. The molecule has 94 valence electrons. The zero-order valence-corrected chi connectivity index (χ0v) is 10.1. The summed E-state index contributed by atoms with van der Waals surface area (Å²) in [5.74, 6) is 0.0989. The van der Waals surface area contributed by atoms with Gasteiger partial charge in [-0.15, -0.1) is 0 Å². The molecule has 0 radical (unpaired) electrons. The molecule has 1 rings (SSSR count). The molecule has 0 heterocycles. The summed E-state index contributed by atoms with van der Waals surface area (Å²) in [7, 11) is 0. The van der Waals surface area contributed by atoms with Crippen molar-refractivity contribution in [2.24, 2.45) is 11.7 Å². The van der Waals surface area contributed by atoms with E-state index in [0.717, 1.165) is 5.56 Å². The molecule has 0 saturated heterocycles. The average Bonchev–Trinajstić information content (AvgIpc) is 2.36. The lowest BCUT2D eigenvalue weighted by Crippen LogP contribution is -2.30. The Balaban J connectivity index is 2.33. The number of aliphatic hydroxyl groups is 1. The van der Waals surface area contributed by atoms with E-state index in [1.165, 1.54) is 0 Å². The van der Waals surface area contributed by atoms with Gasteiger partial charge in [0.05, 0.1) is 6.10 Å². The van der Waals surface area contributed by atoms with Gasteiger partial charge in [0.15, 0.2) is 0 Å². The van der Waals surface area contributed by atoms with Gasteiger partial charge in [0.1, 0.15) is 0 Å². The van der Waals surface area contributed by atoms with Gasteiger partial charge in [-0.3, -0.25) is 4.79 Å². The highest BCUT2D eigenvalue weighted by Gasteiger charge is 2.10. The van der Waals surface area contributed by atoms with E-state index < -0.39 is 6.10 Å². The maximum absolute atomic E-state index is 11.5. The van der Waals surface area contributed by atoms with Gasteiger partial charge in [-0.2, -0.15) is 0 Å². The van der Waals surface area contributed by atoms with Crippen LogP contribution in [-0.2, 0) is 4.79 Å². The molecule has 1 amide bonds. The number of benzene rings is 1. The van der Waals surface area contributed by atoms with Gasteiger partial charge in [-0.25, -0.2) is 0 Å². The quantitative estimate of drug-likeness (QED) is 0.684. The molecule has 4 nitrogen and oxygen atoms in total. The lowest BCUT2D eigenvalue weighted by Gasteiger charge is -2.13. The summed E-state index contributed by atoms with van der Waals surface area (Å²) in [4.78, 5) is 11.5. The third-order valence-electron chi connectivity index (χ3n) is 2.61. The normalized spacial score (nSPS) is 14.1. The largest absolute Gasteiger partial charge is 0.387 e. The highest BCUT2D eigenvalue weighted by atomic mass is 16.3. The van der Waals surface area contributed by atoms with E-state index in [0.29, 0.717) is 13.0 Å². The van der Waals surface area contributed by atoms with Gasteiger partial charge in [0.2, 0.25) is 5.91 Å². The van der Waals surface area contributed by atoms with E-state index in [4.69, 9.17) is 5.73 Å². The van der Waals surface area contributed by atoms with Crippen LogP contribution in [0.3, 0.4) is 0 Å². The van der Waals surface area contributed by atoms with Gasteiger partial charge in [0, 0.05) is 13.0 Å². The molecule has 0 bridgehead atoms. The molecule has 0 aromatic heterocycles. The van der Waals surface area contributed by atoms with Crippen molar-refractivity contribution in [2.75, 3.05) is 13.1 Å². The molecular weight excluding hydrogens is 216 g/mol. The molecule has 0 spiro atoms. The van der Waals surface area contributed by atoms with E-state index in [1.807, 2.05) is 37.3 Å². The fraction of sp³-hybridized carbons (Fsp3) is 0.462. The number of hydrogen-bond acceptors (Lipinski definition) is 3. The number of carbonyl (C=O) groups excluding carboxylic acids is 1. The van der Waals surface area contributed by atoms with Gasteiger partial charge in [-0.1, -0.05) is 37.3 Å². The first-order valence-corrected chi connectivity index (χ1v) is 5.83. The maximum Gasteiger partial charge on any atom is 0.220 e. The number of nitrogens with two attached hydrogens (primary N) is 1. The van der Waals surface area contributed by atoms with Crippen molar-refractivity contribution in [3.8, 4) is 0 Å². The Bertz CT molecular complexity index is 341. The van der Waals surface area contributed by atoms with Crippen LogP contribution in [-0.4, -0.2) is 24.1 Å². The number of carbonyl (C=O) groups is 1. The van der Waals surface area contributed by atoms with Crippen molar-refractivity contribution in [1.82, 2.24) is 5.32 Å². The number of aliphatic hydroxyl groups excluding tert-OH is 1. The van der Waals surface area contributed by atoms with E-state index in [-0.39, 0.29) is 18.4 Å². The minimum absolute atomic E-state index is 0.0714. The molecule has 2 unspecified atom stereocenters. The number of amides is 1. The molecule has 0 aliphatic carbocycles. The summed E-state index contributed by atoms with van der Waals surface area (Å²) in [6.45, 7) is 2.65. The van der Waals surface area contributed by atoms with Crippen LogP contribution in [0.4, 0.5) is 0 Å². The molecule has 2 atom stereocenters. The number of rotatable bonds is 6. The second-order valence-corrected chi connectivity index (χ2v) is 4.28. The van der Waals surface area contributed by atoms with Crippen molar-refractivity contribution >= 4 is 5.91 Å². The summed E-state index contributed by atoms with van der Waals surface area (Å²) >= 11 is 0. The van der Waals surface area contributed by atoms with E-state index in [1.54, 1.807) is 0 Å². The molecule has 4 heteroatoms. The molecule has 1 aromatic rings. The molecular formula is C13H20N2O2. The van der Waals surface area contributed by atoms with E-state index in [9.17, 15) is 9.90 Å². The lowest BCUT2D eigenvalue weighted by molar-refractivity contribution is -0.122. The Morgan fingerprint density at radius 1 is 1.41 bits per heavy atom. The Kier molecular flexibility index (Phi) is 5.66. The number of nitrogens with one attached hydrogen (secondary N) is 1. The molecule has 0 aliphatic heterocycles. The molecule has 1 aromatic carbocycles. The highest BCUT2D eigenvalue weighted by molar-refractivity contribution is 5.76. The van der Waals surface area contributed by atoms with Gasteiger partial charge in [0.25, 0.3) is 0 Å². The minimum Gasteiger partial charge on any atom is -0.387 e. The Morgan fingerprint density at radius 2 is 2.06 bits per heavy atom. The fourth-order valence-electron chi connectivity index (χ4n) is 1.48. The predicted molar refractivity (Wildman–Crippen MR) is 67.2 cm³/mol. The summed E-state index contributed by atoms with van der Waals surface area (Å²) in [6, 6.07) is 9.27.